The second kappa shape index (κ2) is 7.77. The smallest absolute Gasteiger partial charge is 0.242 e. The van der Waals surface area contributed by atoms with Crippen LogP contribution in [0.3, 0.4) is 0 Å². The van der Waals surface area contributed by atoms with E-state index < -0.39 is 10.0 Å². The molecule has 1 unspecified atom stereocenters. The highest BCUT2D eigenvalue weighted by atomic mass is 32.2. The Morgan fingerprint density at radius 2 is 1.95 bits per heavy atom. The van der Waals surface area contributed by atoms with Gasteiger partial charge in [0.25, 0.3) is 0 Å². The van der Waals surface area contributed by atoms with Gasteiger partial charge in [0.2, 0.25) is 10.0 Å². The fraction of sp³-hybridized carbons (Fsp3) is 0.600. The van der Waals surface area contributed by atoms with Crippen molar-refractivity contribution in [2.75, 3.05) is 18.9 Å². The molecule has 0 aromatic heterocycles. The van der Waals surface area contributed by atoms with Crippen LogP contribution in [-0.2, 0) is 10.0 Å². The highest BCUT2D eigenvalue weighted by Gasteiger charge is 2.22. The zero-order valence-corrected chi connectivity index (χ0v) is 13.8. The molecule has 0 aliphatic heterocycles. The molecule has 0 aliphatic rings. The third kappa shape index (κ3) is 4.69. The number of sulfonamides is 1. The van der Waals surface area contributed by atoms with Crippen molar-refractivity contribution < 1.29 is 13.5 Å². The van der Waals surface area contributed by atoms with E-state index in [0.717, 1.165) is 18.4 Å². The lowest BCUT2D eigenvalue weighted by Gasteiger charge is -2.18. The first-order valence-electron chi connectivity index (χ1n) is 7.29. The number of nitrogen functional groups attached to an aromatic ring is 1. The van der Waals surface area contributed by atoms with E-state index in [1.807, 2.05) is 19.9 Å². The number of hydrogen-bond donors (Lipinski definition) is 3. The van der Waals surface area contributed by atoms with Crippen LogP contribution in [0, 0.1) is 19.8 Å². The molecule has 0 saturated heterocycles. The van der Waals surface area contributed by atoms with E-state index in [1.165, 1.54) is 0 Å². The molecule has 0 saturated carbocycles. The van der Waals surface area contributed by atoms with E-state index in [1.54, 1.807) is 13.0 Å². The summed E-state index contributed by atoms with van der Waals surface area (Å²) in [5.74, 6) is 0.140. The Morgan fingerprint density at radius 1 is 1.29 bits per heavy atom. The fourth-order valence-electron chi connectivity index (χ4n) is 2.41. The predicted octanol–water partition coefficient (Wildman–Crippen LogP) is 1.96. The first kappa shape index (κ1) is 17.9. The monoisotopic (exact) mass is 314 g/mol. The van der Waals surface area contributed by atoms with Crippen molar-refractivity contribution in [3.8, 4) is 0 Å². The van der Waals surface area contributed by atoms with Gasteiger partial charge >= 0.3 is 0 Å². The van der Waals surface area contributed by atoms with Gasteiger partial charge in [0, 0.05) is 13.2 Å². The average Bonchev–Trinajstić information content (AvgIpc) is 2.41. The van der Waals surface area contributed by atoms with E-state index >= 15 is 0 Å². The van der Waals surface area contributed by atoms with Crippen molar-refractivity contribution in [3.63, 3.8) is 0 Å². The zero-order chi connectivity index (χ0) is 16.0. The highest BCUT2D eigenvalue weighted by Crippen LogP contribution is 2.25. The maximum absolute atomic E-state index is 12.5. The van der Waals surface area contributed by atoms with Gasteiger partial charge < -0.3 is 10.8 Å². The van der Waals surface area contributed by atoms with Gasteiger partial charge in [-0.2, -0.15) is 0 Å². The Labute approximate surface area is 127 Å². The summed E-state index contributed by atoms with van der Waals surface area (Å²) in [4.78, 5) is 0.168. The van der Waals surface area contributed by atoms with Crippen molar-refractivity contribution in [2.24, 2.45) is 5.92 Å². The summed E-state index contributed by atoms with van der Waals surface area (Å²) >= 11 is 0. The normalized spacial score (nSPS) is 13.3. The lowest BCUT2D eigenvalue weighted by atomic mass is 10.0. The van der Waals surface area contributed by atoms with Gasteiger partial charge in [-0.25, -0.2) is 13.1 Å². The lowest BCUT2D eigenvalue weighted by molar-refractivity contribution is 0.251. The molecule has 1 aromatic carbocycles. The van der Waals surface area contributed by atoms with Crippen LogP contribution >= 0.6 is 0 Å². The van der Waals surface area contributed by atoms with Crippen LogP contribution in [0.4, 0.5) is 5.69 Å². The summed E-state index contributed by atoms with van der Waals surface area (Å²) < 4.78 is 27.6. The molecule has 1 aromatic rings. The first-order chi connectivity index (χ1) is 9.83. The molecule has 0 amide bonds. The second-order valence-electron chi connectivity index (χ2n) is 5.44. The van der Waals surface area contributed by atoms with Crippen LogP contribution in [-0.4, -0.2) is 26.7 Å². The van der Waals surface area contributed by atoms with Crippen LogP contribution < -0.4 is 10.5 Å². The van der Waals surface area contributed by atoms with Gasteiger partial charge in [0.05, 0.1) is 5.69 Å². The Kier molecular flexibility index (Phi) is 6.64. The molecule has 0 heterocycles. The topological polar surface area (TPSA) is 92.4 Å². The summed E-state index contributed by atoms with van der Waals surface area (Å²) in [5.41, 5.74) is 7.68. The van der Waals surface area contributed by atoms with E-state index in [4.69, 9.17) is 10.8 Å². The molecule has 6 heteroatoms. The third-order valence-corrected chi connectivity index (χ3v) is 5.40. The third-order valence-electron chi connectivity index (χ3n) is 3.77. The van der Waals surface area contributed by atoms with E-state index in [9.17, 15) is 8.42 Å². The molecule has 4 N–H and O–H groups in total. The van der Waals surface area contributed by atoms with Crippen LogP contribution in [0.25, 0.3) is 0 Å². The van der Waals surface area contributed by atoms with E-state index in [2.05, 4.69) is 4.72 Å². The number of aliphatic hydroxyl groups is 1. The van der Waals surface area contributed by atoms with Gasteiger partial charge in [0.15, 0.2) is 0 Å². The van der Waals surface area contributed by atoms with Crippen molar-refractivity contribution in [3.05, 3.63) is 23.3 Å². The molecular formula is C15H26N2O3S. The van der Waals surface area contributed by atoms with Crippen molar-refractivity contribution in [1.82, 2.24) is 4.72 Å². The number of aliphatic hydroxyl groups excluding tert-OH is 1. The standard InChI is InChI=1S/C15H26N2O3S/c1-4-5-13(8-9-18)10-17-21(19,20)15-12(3)11(2)6-7-14(15)16/h6-7,13,17-18H,4-5,8-10,16H2,1-3H3. The van der Waals surface area contributed by atoms with Crippen molar-refractivity contribution >= 4 is 15.7 Å². The molecule has 21 heavy (non-hydrogen) atoms. The Hall–Kier alpha value is -1.11. The van der Waals surface area contributed by atoms with Crippen LogP contribution in [0.5, 0.6) is 0 Å². The average molecular weight is 314 g/mol. The van der Waals surface area contributed by atoms with Gasteiger partial charge in [-0.05, 0) is 49.8 Å². The van der Waals surface area contributed by atoms with Crippen molar-refractivity contribution in [2.45, 2.75) is 44.9 Å². The summed E-state index contributed by atoms with van der Waals surface area (Å²) in [6.45, 7) is 6.06. The van der Waals surface area contributed by atoms with Crippen LogP contribution in [0.15, 0.2) is 17.0 Å². The highest BCUT2D eigenvalue weighted by molar-refractivity contribution is 7.89. The summed E-state index contributed by atoms with van der Waals surface area (Å²) in [6.07, 6.45) is 2.43. The van der Waals surface area contributed by atoms with Crippen molar-refractivity contribution in [1.29, 1.82) is 0 Å². The van der Waals surface area contributed by atoms with Gasteiger partial charge in [-0.3, -0.25) is 0 Å². The minimum absolute atomic E-state index is 0.0675. The first-order valence-corrected chi connectivity index (χ1v) is 8.78. The molecular weight excluding hydrogens is 288 g/mol. The van der Waals surface area contributed by atoms with Gasteiger partial charge in [0.1, 0.15) is 4.90 Å². The van der Waals surface area contributed by atoms with Crippen LogP contribution in [0.1, 0.15) is 37.3 Å². The molecule has 0 fully saturated rings. The Bertz CT molecular complexity index is 565. The second-order valence-corrected chi connectivity index (χ2v) is 7.15. The maximum atomic E-state index is 12.5. The SMILES string of the molecule is CCCC(CCO)CNS(=O)(=O)c1c(N)ccc(C)c1C. The molecule has 5 nitrogen and oxygen atoms in total. The lowest BCUT2D eigenvalue weighted by Crippen LogP contribution is -2.31. The number of nitrogens with one attached hydrogen (secondary N) is 1. The number of nitrogens with two attached hydrogens (primary N) is 1. The largest absolute Gasteiger partial charge is 0.398 e. The number of hydrogen-bond acceptors (Lipinski definition) is 4. The number of anilines is 1. The number of benzene rings is 1. The van der Waals surface area contributed by atoms with Gasteiger partial charge in [-0.15, -0.1) is 0 Å². The minimum Gasteiger partial charge on any atom is -0.398 e. The van der Waals surface area contributed by atoms with E-state index in [0.29, 0.717) is 18.5 Å². The fourth-order valence-corrected chi connectivity index (χ4v) is 3.95. The molecule has 1 rings (SSSR count). The summed E-state index contributed by atoms with van der Waals surface area (Å²) in [6, 6.07) is 3.43. The summed E-state index contributed by atoms with van der Waals surface area (Å²) in [7, 11) is -3.63. The predicted molar refractivity (Wildman–Crippen MR) is 85.6 cm³/mol. The quantitative estimate of drug-likeness (QED) is 0.640. The zero-order valence-electron chi connectivity index (χ0n) is 13.0. The Morgan fingerprint density at radius 3 is 2.52 bits per heavy atom. The van der Waals surface area contributed by atoms with Crippen LogP contribution in [0.2, 0.25) is 0 Å². The van der Waals surface area contributed by atoms with Gasteiger partial charge in [-0.1, -0.05) is 19.4 Å². The number of rotatable bonds is 8. The molecule has 0 radical (unpaired) electrons. The Balaban J connectivity index is 2.94. The van der Waals surface area contributed by atoms with E-state index in [-0.39, 0.29) is 23.1 Å². The molecule has 120 valence electrons. The maximum Gasteiger partial charge on any atom is 0.242 e. The summed E-state index contributed by atoms with van der Waals surface area (Å²) in [5, 5.41) is 9.04. The molecule has 0 bridgehead atoms. The molecule has 0 aliphatic carbocycles. The number of aryl methyl sites for hydroxylation is 1. The molecule has 1 atom stereocenters. The minimum atomic E-state index is -3.63. The molecule has 0 spiro atoms.